The Labute approximate surface area is 81.6 Å². The van der Waals surface area contributed by atoms with Crippen LogP contribution in [0.1, 0.15) is 6.92 Å². The second-order valence-electron chi connectivity index (χ2n) is 2.91. The Hall–Kier alpha value is -1.91. The van der Waals surface area contributed by atoms with Gasteiger partial charge in [-0.3, -0.25) is 4.68 Å². The minimum absolute atomic E-state index is 0.472. The minimum Gasteiger partial charge on any atom is -0.384 e. The monoisotopic (exact) mass is 189 g/mol. The van der Waals surface area contributed by atoms with Crippen LogP contribution < -0.4 is 5.73 Å². The normalized spacial score (nSPS) is 10.4. The second-order valence-corrected chi connectivity index (χ2v) is 2.91. The van der Waals surface area contributed by atoms with Gasteiger partial charge in [-0.1, -0.05) is 0 Å². The zero-order valence-corrected chi connectivity index (χ0v) is 7.88. The Balaban J connectivity index is 2.39. The summed E-state index contributed by atoms with van der Waals surface area (Å²) in [5, 5.41) is 4.16. The predicted octanol–water partition coefficient (Wildman–Crippen LogP) is 0.942. The van der Waals surface area contributed by atoms with Crippen molar-refractivity contribution in [2.75, 3.05) is 5.73 Å². The summed E-state index contributed by atoms with van der Waals surface area (Å²) >= 11 is 0. The van der Waals surface area contributed by atoms with Crippen LogP contribution in [0, 0.1) is 0 Å². The molecule has 2 N–H and O–H groups in total. The van der Waals surface area contributed by atoms with Crippen molar-refractivity contribution in [3.8, 4) is 11.3 Å². The van der Waals surface area contributed by atoms with Gasteiger partial charge in [0, 0.05) is 24.4 Å². The smallest absolute Gasteiger partial charge is 0.127 e. The van der Waals surface area contributed by atoms with Crippen LogP contribution in [0.2, 0.25) is 0 Å². The number of hydrogen-bond donors (Lipinski definition) is 1. The molecule has 2 rings (SSSR count). The van der Waals surface area contributed by atoms with Crippen LogP contribution in [0.15, 0.2) is 24.8 Å². The van der Waals surface area contributed by atoms with Crippen LogP contribution in [0.25, 0.3) is 11.3 Å². The zero-order valence-electron chi connectivity index (χ0n) is 7.88. The van der Waals surface area contributed by atoms with Gasteiger partial charge in [0.05, 0.1) is 11.9 Å². The Morgan fingerprint density at radius 3 is 2.93 bits per heavy atom. The molecule has 0 saturated carbocycles. The maximum atomic E-state index is 5.56. The standard InChI is InChI=1S/C9H11N5/c1-2-14-5-7(4-13-14)8-3-9(10)12-6-11-8/h3-6H,2H2,1H3,(H2,10,11,12). The van der Waals surface area contributed by atoms with E-state index in [4.69, 9.17) is 5.73 Å². The third-order valence-corrected chi connectivity index (χ3v) is 1.94. The molecule has 0 amide bonds. The van der Waals surface area contributed by atoms with E-state index >= 15 is 0 Å². The van der Waals surface area contributed by atoms with E-state index < -0.39 is 0 Å². The van der Waals surface area contributed by atoms with Gasteiger partial charge in [0.2, 0.25) is 0 Å². The molecule has 5 heteroatoms. The fourth-order valence-electron chi connectivity index (χ4n) is 1.20. The number of hydrogen-bond acceptors (Lipinski definition) is 4. The van der Waals surface area contributed by atoms with Crippen molar-refractivity contribution in [2.24, 2.45) is 0 Å². The SMILES string of the molecule is CCn1cc(-c2cc(N)ncn2)cn1. The number of nitrogen functional groups attached to an aromatic ring is 1. The molecule has 0 aliphatic rings. The van der Waals surface area contributed by atoms with Crippen LogP contribution >= 0.6 is 0 Å². The number of nitrogens with zero attached hydrogens (tertiary/aromatic N) is 4. The van der Waals surface area contributed by atoms with Crippen molar-refractivity contribution in [3.05, 3.63) is 24.8 Å². The Morgan fingerprint density at radius 2 is 2.29 bits per heavy atom. The first-order valence-electron chi connectivity index (χ1n) is 4.40. The van der Waals surface area contributed by atoms with Crippen LogP contribution in [0.4, 0.5) is 5.82 Å². The lowest BCUT2D eigenvalue weighted by atomic mass is 10.2. The van der Waals surface area contributed by atoms with Gasteiger partial charge in [-0.15, -0.1) is 0 Å². The third kappa shape index (κ3) is 1.56. The molecule has 0 aliphatic carbocycles. The quantitative estimate of drug-likeness (QED) is 0.763. The molecule has 5 nitrogen and oxygen atoms in total. The van der Waals surface area contributed by atoms with E-state index in [-0.39, 0.29) is 0 Å². The number of nitrogens with two attached hydrogens (primary N) is 1. The fraction of sp³-hybridized carbons (Fsp3) is 0.222. The molecular formula is C9H11N5. The summed E-state index contributed by atoms with van der Waals surface area (Å²) in [5.41, 5.74) is 7.32. The van der Waals surface area contributed by atoms with E-state index in [0.29, 0.717) is 5.82 Å². The highest BCUT2D eigenvalue weighted by Gasteiger charge is 2.02. The molecule has 0 spiro atoms. The van der Waals surface area contributed by atoms with Gasteiger partial charge >= 0.3 is 0 Å². The maximum Gasteiger partial charge on any atom is 0.127 e. The van der Waals surface area contributed by atoms with Crippen molar-refractivity contribution in [2.45, 2.75) is 13.5 Å². The first-order chi connectivity index (χ1) is 6.79. The summed E-state index contributed by atoms with van der Waals surface area (Å²) in [5.74, 6) is 0.472. The van der Waals surface area contributed by atoms with Crippen LogP contribution in [-0.4, -0.2) is 19.7 Å². The minimum atomic E-state index is 0.472. The van der Waals surface area contributed by atoms with Crippen molar-refractivity contribution >= 4 is 5.82 Å². The summed E-state index contributed by atoms with van der Waals surface area (Å²) < 4.78 is 1.84. The molecule has 72 valence electrons. The molecular weight excluding hydrogens is 178 g/mol. The third-order valence-electron chi connectivity index (χ3n) is 1.94. The molecule has 0 aromatic carbocycles. The van der Waals surface area contributed by atoms with Gasteiger partial charge < -0.3 is 5.73 Å². The highest BCUT2D eigenvalue weighted by atomic mass is 15.3. The Morgan fingerprint density at radius 1 is 1.43 bits per heavy atom. The number of anilines is 1. The summed E-state index contributed by atoms with van der Waals surface area (Å²) in [4.78, 5) is 7.94. The molecule has 2 heterocycles. The lowest BCUT2D eigenvalue weighted by molar-refractivity contribution is 0.660. The fourth-order valence-corrected chi connectivity index (χ4v) is 1.20. The molecule has 0 fully saturated rings. The van der Waals surface area contributed by atoms with Crippen LogP contribution in [0.3, 0.4) is 0 Å². The molecule has 14 heavy (non-hydrogen) atoms. The van der Waals surface area contributed by atoms with Crippen molar-refractivity contribution < 1.29 is 0 Å². The van der Waals surface area contributed by atoms with E-state index in [1.54, 1.807) is 12.3 Å². The maximum absolute atomic E-state index is 5.56. The molecule has 0 saturated heterocycles. The summed E-state index contributed by atoms with van der Waals surface area (Å²) in [6, 6.07) is 1.73. The Bertz CT molecular complexity index is 434. The zero-order chi connectivity index (χ0) is 9.97. The van der Waals surface area contributed by atoms with Gasteiger partial charge in [-0.2, -0.15) is 5.10 Å². The van der Waals surface area contributed by atoms with Crippen LogP contribution in [-0.2, 0) is 6.54 Å². The highest BCUT2D eigenvalue weighted by Crippen LogP contribution is 2.16. The van der Waals surface area contributed by atoms with E-state index in [1.165, 1.54) is 6.33 Å². The van der Waals surface area contributed by atoms with Gasteiger partial charge in [0.15, 0.2) is 0 Å². The number of rotatable bonds is 2. The van der Waals surface area contributed by atoms with Crippen LogP contribution in [0.5, 0.6) is 0 Å². The number of aromatic nitrogens is 4. The number of aryl methyl sites for hydroxylation is 1. The molecule has 0 atom stereocenters. The topological polar surface area (TPSA) is 69.6 Å². The van der Waals surface area contributed by atoms with Gasteiger partial charge in [-0.05, 0) is 6.92 Å². The largest absolute Gasteiger partial charge is 0.384 e. The van der Waals surface area contributed by atoms with E-state index in [0.717, 1.165) is 17.8 Å². The molecule has 0 unspecified atom stereocenters. The molecule has 2 aromatic rings. The van der Waals surface area contributed by atoms with Crippen molar-refractivity contribution in [1.82, 2.24) is 19.7 Å². The second kappa shape index (κ2) is 3.45. The summed E-state index contributed by atoms with van der Waals surface area (Å²) in [7, 11) is 0. The van der Waals surface area contributed by atoms with Crippen molar-refractivity contribution in [1.29, 1.82) is 0 Å². The average molecular weight is 189 g/mol. The molecule has 2 aromatic heterocycles. The van der Waals surface area contributed by atoms with Crippen molar-refractivity contribution in [3.63, 3.8) is 0 Å². The first-order valence-corrected chi connectivity index (χ1v) is 4.40. The Kier molecular flexibility index (Phi) is 2.14. The summed E-state index contributed by atoms with van der Waals surface area (Å²) in [6.07, 6.45) is 5.15. The van der Waals surface area contributed by atoms with E-state index in [2.05, 4.69) is 15.1 Å². The van der Waals surface area contributed by atoms with E-state index in [9.17, 15) is 0 Å². The van der Waals surface area contributed by atoms with Gasteiger partial charge in [-0.25, -0.2) is 9.97 Å². The van der Waals surface area contributed by atoms with Gasteiger partial charge in [0.25, 0.3) is 0 Å². The lowest BCUT2D eigenvalue weighted by Crippen LogP contribution is -1.93. The van der Waals surface area contributed by atoms with E-state index in [1.807, 2.05) is 17.8 Å². The highest BCUT2D eigenvalue weighted by molar-refractivity contribution is 5.59. The molecule has 0 bridgehead atoms. The lowest BCUT2D eigenvalue weighted by Gasteiger charge is -1.96. The first kappa shape index (κ1) is 8.68. The molecule has 0 aliphatic heterocycles. The summed E-state index contributed by atoms with van der Waals surface area (Å²) in [6.45, 7) is 2.88. The molecule has 0 radical (unpaired) electrons. The average Bonchev–Trinajstić information content (AvgIpc) is 2.66. The predicted molar refractivity (Wildman–Crippen MR) is 53.3 cm³/mol. The van der Waals surface area contributed by atoms with Gasteiger partial charge in [0.1, 0.15) is 12.1 Å².